The maximum Gasteiger partial charge on any atom is 0.399 e. The van der Waals surface area contributed by atoms with E-state index in [1.807, 2.05) is 0 Å². The van der Waals surface area contributed by atoms with Gasteiger partial charge >= 0.3 is 12.4 Å². The average Bonchev–Trinajstić information content (AvgIpc) is 3.49. The van der Waals surface area contributed by atoms with Crippen LogP contribution in [-0.2, 0) is 12.5 Å². The molecule has 5 nitrogen and oxygen atoms in total. The Morgan fingerprint density at radius 3 is 2.50 bits per heavy atom. The van der Waals surface area contributed by atoms with Crippen molar-refractivity contribution in [3.63, 3.8) is 0 Å². The fourth-order valence-corrected chi connectivity index (χ4v) is 4.92. The van der Waals surface area contributed by atoms with Crippen LogP contribution in [0.25, 0.3) is 11.2 Å². The van der Waals surface area contributed by atoms with Gasteiger partial charge in [0.05, 0.1) is 24.5 Å². The van der Waals surface area contributed by atoms with E-state index in [9.17, 15) is 31.4 Å². The normalized spacial score (nSPS) is 26.3. The summed E-state index contributed by atoms with van der Waals surface area (Å²) in [6.45, 7) is -0.308. The van der Waals surface area contributed by atoms with E-state index < -0.39 is 30.2 Å². The number of aliphatic hydroxyl groups is 1. The molecule has 2 fully saturated rings. The minimum atomic E-state index is -4.35. The van der Waals surface area contributed by atoms with Crippen LogP contribution in [0.5, 0.6) is 0 Å². The summed E-state index contributed by atoms with van der Waals surface area (Å²) in [7, 11) is 1.55. The summed E-state index contributed by atoms with van der Waals surface area (Å²) in [5, 5.41) is 13.0. The largest absolute Gasteiger partial charge is 0.399 e. The van der Waals surface area contributed by atoms with Gasteiger partial charge in [-0.1, -0.05) is 6.42 Å². The van der Waals surface area contributed by atoms with E-state index in [4.69, 9.17) is 0 Å². The number of alkyl halides is 6. The molecule has 3 atom stereocenters. The van der Waals surface area contributed by atoms with E-state index in [2.05, 4.69) is 15.3 Å². The minimum absolute atomic E-state index is 0.0369. The molecule has 0 unspecified atom stereocenters. The second-order valence-electron chi connectivity index (χ2n) is 9.03. The molecule has 4 rings (SSSR count). The maximum atomic E-state index is 13.6. The highest BCUT2D eigenvalue weighted by Gasteiger charge is 2.65. The van der Waals surface area contributed by atoms with Crippen LogP contribution < -0.4 is 5.32 Å². The molecule has 2 aliphatic rings. The molecular weight excluding hydrogens is 438 g/mol. The molecule has 0 spiro atoms. The van der Waals surface area contributed by atoms with Crippen molar-refractivity contribution in [1.29, 1.82) is 0 Å². The third-order valence-electron chi connectivity index (χ3n) is 6.94. The van der Waals surface area contributed by atoms with Gasteiger partial charge in [-0.3, -0.25) is 4.98 Å². The number of aromatic nitrogens is 3. The molecule has 0 amide bonds. The van der Waals surface area contributed by atoms with Gasteiger partial charge in [0, 0.05) is 25.2 Å². The Hall–Kier alpha value is -1.88. The number of nitrogens with one attached hydrogen (secondary N) is 1. The van der Waals surface area contributed by atoms with Gasteiger partial charge in [-0.25, -0.2) is 4.98 Å². The third-order valence-corrected chi connectivity index (χ3v) is 6.94. The second-order valence-corrected chi connectivity index (χ2v) is 9.03. The molecular formula is C21H26F6N4O. The van der Waals surface area contributed by atoms with E-state index >= 15 is 0 Å². The van der Waals surface area contributed by atoms with Crippen LogP contribution in [0, 0.1) is 5.92 Å². The van der Waals surface area contributed by atoms with Crippen LogP contribution in [0.15, 0.2) is 12.3 Å². The lowest BCUT2D eigenvalue weighted by Gasteiger charge is -2.27. The van der Waals surface area contributed by atoms with Crippen molar-refractivity contribution in [3.05, 3.63) is 23.7 Å². The van der Waals surface area contributed by atoms with Crippen LogP contribution in [0.4, 0.5) is 26.3 Å². The molecule has 178 valence electrons. The zero-order chi connectivity index (χ0) is 23.3. The molecule has 11 heteroatoms. The van der Waals surface area contributed by atoms with E-state index in [1.54, 1.807) is 7.05 Å². The second kappa shape index (κ2) is 8.16. The van der Waals surface area contributed by atoms with Crippen molar-refractivity contribution < 1.29 is 31.4 Å². The number of hydrogen-bond donors (Lipinski definition) is 2. The SMILES string of the molecule is Cn1c(C2(C(F)(F)F)CC2)cc2ncc([C@H]3CCC[C@@H](CCC(F)(F)F)[C@H](CO)N3)nc21. The Balaban J connectivity index is 1.58. The summed E-state index contributed by atoms with van der Waals surface area (Å²) < 4.78 is 80.2. The summed E-state index contributed by atoms with van der Waals surface area (Å²) in [5.41, 5.74) is -0.479. The van der Waals surface area contributed by atoms with Crippen LogP contribution >= 0.6 is 0 Å². The molecule has 2 N–H and O–H groups in total. The van der Waals surface area contributed by atoms with Gasteiger partial charge in [0.1, 0.15) is 10.9 Å². The molecule has 1 aliphatic heterocycles. The van der Waals surface area contributed by atoms with E-state index in [0.717, 1.165) is 0 Å². The van der Waals surface area contributed by atoms with Crippen molar-refractivity contribution in [2.45, 2.75) is 74.8 Å². The van der Waals surface area contributed by atoms with Gasteiger partial charge in [-0.05, 0) is 44.1 Å². The Labute approximate surface area is 181 Å². The number of hydrogen-bond acceptors (Lipinski definition) is 4. The van der Waals surface area contributed by atoms with Gasteiger partial charge in [0.15, 0.2) is 5.65 Å². The van der Waals surface area contributed by atoms with Crippen molar-refractivity contribution in [2.24, 2.45) is 13.0 Å². The van der Waals surface area contributed by atoms with Gasteiger partial charge in [-0.15, -0.1) is 0 Å². The molecule has 0 radical (unpaired) electrons. The van der Waals surface area contributed by atoms with Crippen LogP contribution in [0.1, 0.15) is 62.4 Å². The van der Waals surface area contributed by atoms with Crippen molar-refractivity contribution in [1.82, 2.24) is 19.9 Å². The third kappa shape index (κ3) is 4.33. The smallest absolute Gasteiger partial charge is 0.395 e. The summed E-state index contributed by atoms with van der Waals surface area (Å²) in [6.07, 6.45) is -6.22. The fraction of sp³-hybridized carbons (Fsp3) is 0.714. The fourth-order valence-electron chi connectivity index (χ4n) is 4.92. The quantitative estimate of drug-likeness (QED) is 0.630. The molecule has 1 aliphatic carbocycles. The van der Waals surface area contributed by atoms with Gasteiger partial charge in [0.25, 0.3) is 0 Å². The van der Waals surface area contributed by atoms with Gasteiger partial charge in [-0.2, -0.15) is 26.3 Å². The lowest BCUT2D eigenvalue weighted by Crippen LogP contribution is -2.40. The Kier molecular flexibility index (Phi) is 5.94. The van der Waals surface area contributed by atoms with Gasteiger partial charge in [0.2, 0.25) is 0 Å². The lowest BCUT2D eigenvalue weighted by molar-refractivity contribution is -0.162. The molecule has 0 aromatic carbocycles. The molecule has 2 aromatic rings. The summed E-state index contributed by atoms with van der Waals surface area (Å²) >= 11 is 0. The first-order chi connectivity index (χ1) is 14.9. The monoisotopic (exact) mass is 464 g/mol. The highest BCUT2D eigenvalue weighted by Crippen LogP contribution is 2.59. The molecule has 2 aromatic heterocycles. The van der Waals surface area contributed by atoms with Gasteiger partial charge < -0.3 is 15.0 Å². The molecule has 3 heterocycles. The zero-order valence-corrected chi connectivity index (χ0v) is 17.6. The lowest BCUT2D eigenvalue weighted by atomic mass is 9.91. The van der Waals surface area contributed by atoms with Crippen LogP contribution in [0.3, 0.4) is 0 Å². The number of halogens is 6. The van der Waals surface area contributed by atoms with E-state index in [-0.39, 0.29) is 43.5 Å². The predicted molar refractivity (Wildman–Crippen MR) is 105 cm³/mol. The number of aliphatic hydroxyl groups excluding tert-OH is 1. The van der Waals surface area contributed by atoms with Crippen molar-refractivity contribution in [3.8, 4) is 0 Å². The maximum absolute atomic E-state index is 13.6. The first kappa shape index (κ1) is 23.3. The number of fused-ring (bicyclic) bond motifs is 1. The molecule has 32 heavy (non-hydrogen) atoms. The molecule has 1 saturated carbocycles. The highest BCUT2D eigenvalue weighted by atomic mass is 19.4. The first-order valence-electron chi connectivity index (χ1n) is 10.8. The van der Waals surface area contributed by atoms with E-state index in [1.165, 1.54) is 16.8 Å². The Morgan fingerprint density at radius 2 is 1.91 bits per heavy atom. The van der Waals surface area contributed by atoms with Crippen molar-refractivity contribution >= 4 is 11.2 Å². The van der Waals surface area contributed by atoms with Crippen LogP contribution in [0.2, 0.25) is 0 Å². The van der Waals surface area contributed by atoms with E-state index in [0.29, 0.717) is 36.1 Å². The Bertz CT molecular complexity index is 966. The minimum Gasteiger partial charge on any atom is -0.395 e. The molecule has 0 bridgehead atoms. The summed E-state index contributed by atoms with van der Waals surface area (Å²) in [6, 6.07) is 0.568. The van der Waals surface area contributed by atoms with Crippen molar-refractivity contribution in [2.75, 3.05) is 6.61 Å². The number of nitrogens with zero attached hydrogens (tertiary/aromatic N) is 3. The first-order valence-corrected chi connectivity index (χ1v) is 10.8. The molecule has 1 saturated heterocycles. The average molecular weight is 464 g/mol. The number of rotatable bonds is 5. The summed E-state index contributed by atoms with van der Waals surface area (Å²) in [4.78, 5) is 8.90. The summed E-state index contributed by atoms with van der Waals surface area (Å²) in [5.74, 6) is -0.327. The zero-order valence-electron chi connectivity index (χ0n) is 17.6. The van der Waals surface area contributed by atoms with Crippen LogP contribution in [-0.4, -0.2) is 44.6 Å². The predicted octanol–water partition coefficient (Wildman–Crippen LogP) is 4.70. The standard InChI is InChI=1S/C21H26F6N4O/c1-31-17(19(7-8-19)21(25,26)27)9-14-18(31)30-15(10-28-14)13-4-2-3-12(16(11-32)29-13)5-6-20(22,23)24/h9-10,12-13,16,29,32H,2-8,11H2,1H3/t12-,13+,16-/m0/s1. The highest BCUT2D eigenvalue weighted by molar-refractivity contribution is 5.74. The topological polar surface area (TPSA) is 63.0 Å². The Morgan fingerprint density at radius 1 is 1.19 bits per heavy atom. The number of aryl methyl sites for hydroxylation is 1.